The summed E-state index contributed by atoms with van der Waals surface area (Å²) in [5.41, 5.74) is 1.23. The summed E-state index contributed by atoms with van der Waals surface area (Å²) in [5.74, 6) is 0.319. The van der Waals surface area contributed by atoms with Gasteiger partial charge in [0.15, 0.2) is 0 Å². The summed E-state index contributed by atoms with van der Waals surface area (Å²) in [6.45, 7) is 4.32. The highest BCUT2D eigenvalue weighted by Gasteiger charge is 2.23. The van der Waals surface area contributed by atoms with Crippen molar-refractivity contribution in [1.29, 1.82) is 0 Å². The van der Waals surface area contributed by atoms with Crippen LogP contribution in [-0.2, 0) is 29.2 Å². The number of amides is 1. The Morgan fingerprint density at radius 1 is 1.42 bits per heavy atom. The van der Waals surface area contributed by atoms with E-state index in [-0.39, 0.29) is 12.5 Å². The van der Waals surface area contributed by atoms with Gasteiger partial charge < -0.3 is 9.64 Å². The number of ether oxygens (including phenoxy) is 1. The number of nitrogens with zero attached hydrogens (tertiary/aromatic N) is 4. The molecule has 3 heterocycles. The van der Waals surface area contributed by atoms with Crippen LogP contribution in [0.15, 0.2) is 29.8 Å². The van der Waals surface area contributed by atoms with E-state index in [0.29, 0.717) is 12.5 Å². The van der Waals surface area contributed by atoms with Crippen molar-refractivity contribution in [2.45, 2.75) is 19.6 Å². The number of hydrogen-bond donors (Lipinski definition) is 0. The minimum Gasteiger partial charge on any atom is -0.371 e. The van der Waals surface area contributed by atoms with E-state index in [0.717, 1.165) is 26.2 Å². The SMILES string of the molecule is CN(C)C(=O)COCC1CN(Cc2cccs2)Cc2ccnn2C1. The van der Waals surface area contributed by atoms with Gasteiger partial charge in [-0.2, -0.15) is 5.10 Å². The van der Waals surface area contributed by atoms with Gasteiger partial charge in [0.25, 0.3) is 0 Å². The van der Waals surface area contributed by atoms with Gasteiger partial charge in [0.2, 0.25) is 5.91 Å². The molecule has 0 radical (unpaired) electrons. The van der Waals surface area contributed by atoms with Gasteiger partial charge in [-0.1, -0.05) is 6.07 Å². The second-order valence-electron chi connectivity index (χ2n) is 6.42. The van der Waals surface area contributed by atoms with Crippen molar-refractivity contribution in [3.8, 4) is 0 Å². The Balaban J connectivity index is 1.62. The third kappa shape index (κ3) is 4.43. The average Bonchev–Trinajstić information content (AvgIpc) is 3.16. The highest BCUT2D eigenvalue weighted by Crippen LogP contribution is 2.20. The number of carbonyl (C=O) groups is 1. The average molecular weight is 348 g/mol. The summed E-state index contributed by atoms with van der Waals surface area (Å²) in [6.07, 6.45) is 1.86. The van der Waals surface area contributed by atoms with Crippen LogP contribution < -0.4 is 0 Å². The first-order valence-corrected chi connectivity index (χ1v) is 9.03. The first kappa shape index (κ1) is 17.1. The van der Waals surface area contributed by atoms with Gasteiger partial charge in [-0.05, 0) is 17.5 Å². The van der Waals surface area contributed by atoms with Crippen LogP contribution in [-0.4, -0.2) is 59.3 Å². The minimum absolute atomic E-state index is 0.00107. The lowest BCUT2D eigenvalue weighted by molar-refractivity contribution is -0.134. The maximum atomic E-state index is 11.7. The van der Waals surface area contributed by atoms with E-state index in [1.54, 1.807) is 30.3 Å². The molecular formula is C17H24N4O2S. The van der Waals surface area contributed by atoms with Crippen molar-refractivity contribution in [1.82, 2.24) is 19.6 Å². The van der Waals surface area contributed by atoms with E-state index in [1.165, 1.54) is 10.6 Å². The molecule has 1 amide bonds. The van der Waals surface area contributed by atoms with E-state index in [2.05, 4.69) is 38.3 Å². The Hall–Kier alpha value is -1.70. The lowest BCUT2D eigenvalue weighted by Gasteiger charge is -2.23. The van der Waals surface area contributed by atoms with Crippen LogP contribution >= 0.6 is 11.3 Å². The Kier molecular flexibility index (Phi) is 5.65. The van der Waals surface area contributed by atoms with Gasteiger partial charge in [-0.25, -0.2) is 0 Å². The standard InChI is InChI=1S/C17H24N4O2S/c1-19(2)17(22)13-23-12-14-8-20(11-16-4-3-7-24-16)10-15-5-6-18-21(15)9-14/h3-7,14H,8-13H2,1-2H3. The number of hydrogen-bond acceptors (Lipinski definition) is 5. The van der Waals surface area contributed by atoms with Gasteiger partial charge in [-0.15, -0.1) is 11.3 Å². The van der Waals surface area contributed by atoms with Crippen molar-refractivity contribution in [2.75, 3.05) is 33.9 Å². The van der Waals surface area contributed by atoms with Crippen LogP contribution in [0.1, 0.15) is 10.6 Å². The van der Waals surface area contributed by atoms with E-state index in [4.69, 9.17) is 4.74 Å². The highest BCUT2D eigenvalue weighted by atomic mass is 32.1. The maximum Gasteiger partial charge on any atom is 0.248 e. The van der Waals surface area contributed by atoms with Crippen molar-refractivity contribution in [3.63, 3.8) is 0 Å². The Labute approximate surface area is 146 Å². The molecule has 0 spiro atoms. The van der Waals surface area contributed by atoms with Crippen LogP contribution in [0.2, 0.25) is 0 Å². The molecule has 1 aliphatic rings. The zero-order valence-corrected chi connectivity index (χ0v) is 15.0. The molecule has 24 heavy (non-hydrogen) atoms. The molecular weight excluding hydrogens is 324 g/mol. The normalized spacial score (nSPS) is 18.2. The van der Waals surface area contributed by atoms with E-state index >= 15 is 0 Å². The quantitative estimate of drug-likeness (QED) is 0.797. The van der Waals surface area contributed by atoms with Gasteiger partial charge >= 0.3 is 0 Å². The molecule has 0 saturated heterocycles. The largest absolute Gasteiger partial charge is 0.371 e. The van der Waals surface area contributed by atoms with Crippen LogP contribution in [0.3, 0.4) is 0 Å². The van der Waals surface area contributed by atoms with Gasteiger partial charge in [0.1, 0.15) is 6.61 Å². The first-order chi connectivity index (χ1) is 11.6. The van der Waals surface area contributed by atoms with Gasteiger partial charge in [0.05, 0.1) is 12.3 Å². The summed E-state index contributed by atoms with van der Waals surface area (Å²) < 4.78 is 7.74. The Bertz CT molecular complexity index is 653. The second kappa shape index (κ2) is 7.92. The molecule has 2 aromatic heterocycles. The second-order valence-corrected chi connectivity index (χ2v) is 7.46. The number of carbonyl (C=O) groups excluding carboxylic acids is 1. The molecule has 6 nitrogen and oxygen atoms in total. The molecule has 0 fully saturated rings. The number of rotatable bonds is 6. The first-order valence-electron chi connectivity index (χ1n) is 8.15. The zero-order valence-electron chi connectivity index (χ0n) is 14.2. The predicted molar refractivity (Wildman–Crippen MR) is 93.7 cm³/mol. The van der Waals surface area contributed by atoms with E-state index < -0.39 is 0 Å². The van der Waals surface area contributed by atoms with Crippen LogP contribution in [0.5, 0.6) is 0 Å². The molecule has 2 aromatic rings. The molecule has 0 saturated carbocycles. The number of fused-ring (bicyclic) bond motifs is 1. The molecule has 3 rings (SSSR count). The molecule has 1 unspecified atom stereocenters. The van der Waals surface area contributed by atoms with Crippen LogP contribution in [0.4, 0.5) is 0 Å². The van der Waals surface area contributed by atoms with Crippen LogP contribution in [0.25, 0.3) is 0 Å². The van der Waals surface area contributed by atoms with Crippen molar-refractivity contribution in [3.05, 3.63) is 40.3 Å². The maximum absolute atomic E-state index is 11.7. The number of thiophene rings is 1. The zero-order chi connectivity index (χ0) is 16.9. The van der Waals surface area contributed by atoms with Crippen molar-refractivity contribution < 1.29 is 9.53 Å². The Morgan fingerprint density at radius 3 is 3.04 bits per heavy atom. The fraction of sp³-hybridized carbons (Fsp3) is 0.529. The number of likely N-dealkylation sites (N-methyl/N-ethyl adjacent to an activating group) is 1. The van der Waals surface area contributed by atoms with Gasteiger partial charge in [0, 0.05) is 57.3 Å². The summed E-state index contributed by atoms with van der Waals surface area (Å²) >= 11 is 1.79. The monoisotopic (exact) mass is 348 g/mol. The minimum atomic E-state index is -0.00107. The fourth-order valence-corrected chi connectivity index (χ4v) is 3.66. The lowest BCUT2D eigenvalue weighted by Crippen LogP contribution is -2.32. The van der Waals surface area contributed by atoms with Crippen molar-refractivity contribution >= 4 is 17.2 Å². The Morgan fingerprint density at radius 2 is 2.29 bits per heavy atom. The van der Waals surface area contributed by atoms with Crippen LogP contribution in [0, 0.1) is 5.92 Å². The fourth-order valence-electron chi connectivity index (χ4n) is 2.91. The topological polar surface area (TPSA) is 50.6 Å². The lowest BCUT2D eigenvalue weighted by atomic mass is 10.1. The van der Waals surface area contributed by atoms with E-state index in [1.807, 2.05) is 6.20 Å². The molecule has 0 bridgehead atoms. The molecule has 7 heteroatoms. The number of aromatic nitrogens is 2. The van der Waals surface area contributed by atoms with Crippen molar-refractivity contribution in [2.24, 2.45) is 5.92 Å². The smallest absolute Gasteiger partial charge is 0.248 e. The predicted octanol–water partition coefficient (Wildman–Crippen LogP) is 1.68. The molecule has 0 aromatic carbocycles. The molecule has 130 valence electrons. The van der Waals surface area contributed by atoms with Gasteiger partial charge in [-0.3, -0.25) is 14.4 Å². The molecule has 1 atom stereocenters. The summed E-state index contributed by atoms with van der Waals surface area (Å²) in [4.78, 5) is 17.0. The third-order valence-electron chi connectivity index (χ3n) is 4.18. The third-order valence-corrected chi connectivity index (χ3v) is 5.04. The molecule has 0 aliphatic carbocycles. The summed E-state index contributed by atoms with van der Waals surface area (Å²) in [7, 11) is 3.49. The summed E-state index contributed by atoms with van der Waals surface area (Å²) in [5, 5.41) is 6.55. The highest BCUT2D eigenvalue weighted by molar-refractivity contribution is 7.09. The molecule has 0 N–H and O–H groups in total. The van der Waals surface area contributed by atoms with E-state index in [9.17, 15) is 4.79 Å². The summed E-state index contributed by atoms with van der Waals surface area (Å²) in [6, 6.07) is 6.35. The molecule has 1 aliphatic heterocycles.